The Morgan fingerprint density at radius 1 is 1.33 bits per heavy atom. The maximum atomic E-state index is 11.7. The second kappa shape index (κ2) is 6.02. The SMILES string of the molecule is CCCCCCC([N])F. The van der Waals surface area contributed by atoms with Crippen molar-refractivity contribution in [1.29, 1.82) is 0 Å². The minimum Gasteiger partial charge on any atom is -0.227 e. The summed E-state index contributed by atoms with van der Waals surface area (Å²) in [4.78, 5) is 0. The molecule has 1 nitrogen and oxygen atoms in total. The first-order valence-electron chi connectivity index (χ1n) is 3.59. The molecule has 0 aromatic rings. The smallest absolute Gasteiger partial charge is 0.183 e. The highest BCUT2D eigenvalue weighted by Crippen LogP contribution is 2.04. The summed E-state index contributed by atoms with van der Waals surface area (Å²) in [6, 6.07) is 0. The summed E-state index contributed by atoms with van der Waals surface area (Å²) < 4.78 is 11.7. The minimum absolute atomic E-state index is 0.306. The van der Waals surface area contributed by atoms with Gasteiger partial charge in [0, 0.05) is 0 Å². The van der Waals surface area contributed by atoms with E-state index in [2.05, 4.69) is 6.92 Å². The van der Waals surface area contributed by atoms with Crippen molar-refractivity contribution in [2.24, 2.45) is 0 Å². The number of unbranched alkanes of at least 4 members (excludes halogenated alkanes) is 3. The summed E-state index contributed by atoms with van der Waals surface area (Å²) in [6.07, 6.45) is 2.86. The van der Waals surface area contributed by atoms with Gasteiger partial charge in [0.1, 0.15) is 0 Å². The summed E-state index contributed by atoms with van der Waals surface area (Å²) >= 11 is 0. The molecule has 0 aliphatic rings. The Morgan fingerprint density at radius 3 is 2.44 bits per heavy atom. The van der Waals surface area contributed by atoms with E-state index < -0.39 is 6.30 Å². The van der Waals surface area contributed by atoms with Crippen molar-refractivity contribution in [2.45, 2.75) is 45.3 Å². The lowest BCUT2D eigenvalue weighted by Gasteiger charge is -1.97. The Labute approximate surface area is 56.4 Å². The maximum Gasteiger partial charge on any atom is 0.183 e. The van der Waals surface area contributed by atoms with Crippen LogP contribution in [0.3, 0.4) is 0 Å². The molecule has 2 radical (unpaired) electrons. The average molecular weight is 131 g/mol. The molecule has 0 spiro atoms. The molecule has 2 heteroatoms. The monoisotopic (exact) mass is 131 g/mol. The molecule has 1 atom stereocenters. The molecule has 0 aliphatic heterocycles. The Hall–Kier alpha value is -0.110. The minimum atomic E-state index is -1.60. The summed E-state index contributed by atoms with van der Waals surface area (Å²) in [5, 5.41) is 0. The van der Waals surface area contributed by atoms with E-state index in [9.17, 15) is 4.39 Å². The molecule has 0 amide bonds. The normalized spacial score (nSPS) is 13.7. The van der Waals surface area contributed by atoms with Crippen molar-refractivity contribution in [3.63, 3.8) is 0 Å². The highest BCUT2D eigenvalue weighted by Gasteiger charge is 1.98. The van der Waals surface area contributed by atoms with E-state index in [4.69, 9.17) is 5.73 Å². The first-order valence-corrected chi connectivity index (χ1v) is 3.59. The van der Waals surface area contributed by atoms with Crippen LogP contribution >= 0.6 is 0 Å². The van der Waals surface area contributed by atoms with Crippen LogP contribution in [-0.4, -0.2) is 6.30 Å². The second-order valence-electron chi connectivity index (χ2n) is 2.28. The van der Waals surface area contributed by atoms with Crippen LogP contribution in [0.2, 0.25) is 0 Å². The fraction of sp³-hybridized carbons (Fsp3) is 1.00. The molecule has 54 valence electrons. The van der Waals surface area contributed by atoms with Gasteiger partial charge in [-0.2, -0.15) is 0 Å². The van der Waals surface area contributed by atoms with Crippen LogP contribution in [0.5, 0.6) is 0 Å². The number of hydrogen-bond donors (Lipinski definition) is 0. The Balaban J connectivity index is 2.75. The van der Waals surface area contributed by atoms with Crippen LogP contribution in [-0.2, 0) is 0 Å². The van der Waals surface area contributed by atoms with Crippen LogP contribution in [0.15, 0.2) is 0 Å². The molecule has 0 fully saturated rings. The molecule has 0 N–H and O–H groups in total. The lowest BCUT2D eigenvalue weighted by Crippen LogP contribution is -1.98. The van der Waals surface area contributed by atoms with Gasteiger partial charge in [-0.15, -0.1) is 5.73 Å². The number of nitrogens with zero attached hydrogens (tertiary/aromatic N) is 1. The molecule has 0 aromatic heterocycles. The van der Waals surface area contributed by atoms with Crippen molar-refractivity contribution in [1.82, 2.24) is 5.73 Å². The van der Waals surface area contributed by atoms with E-state index in [0.29, 0.717) is 6.42 Å². The van der Waals surface area contributed by atoms with Gasteiger partial charge in [0.15, 0.2) is 6.30 Å². The zero-order valence-electron chi connectivity index (χ0n) is 5.94. The summed E-state index contributed by atoms with van der Waals surface area (Å²) in [5.41, 5.74) is 8.19. The van der Waals surface area contributed by atoms with Crippen LogP contribution in [0.25, 0.3) is 0 Å². The average Bonchev–Trinajstić information content (AvgIpc) is 1.80. The predicted molar refractivity (Wildman–Crippen MR) is 35.8 cm³/mol. The van der Waals surface area contributed by atoms with Crippen LogP contribution in [0.1, 0.15) is 39.0 Å². The first kappa shape index (κ1) is 8.89. The number of alkyl halides is 1. The van der Waals surface area contributed by atoms with Gasteiger partial charge in [-0.1, -0.05) is 26.2 Å². The molecular formula is C7H14FN. The standard InChI is InChI=1S/C7H14FN/c1-2-3-4-5-6-7(8)9/h7H,2-6H2,1H3. The van der Waals surface area contributed by atoms with Crippen molar-refractivity contribution in [3.8, 4) is 0 Å². The van der Waals surface area contributed by atoms with Gasteiger partial charge in [-0.25, -0.2) is 4.39 Å². The Bertz CT molecular complexity index is 54.9. The van der Waals surface area contributed by atoms with Crippen molar-refractivity contribution >= 4 is 0 Å². The molecule has 0 saturated heterocycles. The quantitative estimate of drug-likeness (QED) is 0.403. The molecule has 0 bridgehead atoms. The fourth-order valence-electron chi connectivity index (χ4n) is 0.740. The van der Waals surface area contributed by atoms with Gasteiger partial charge in [0.05, 0.1) is 0 Å². The van der Waals surface area contributed by atoms with Crippen LogP contribution < -0.4 is 5.73 Å². The zero-order chi connectivity index (χ0) is 7.11. The summed E-state index contributed by atoms with van der Waals surface area (Å²) in [6.45, 7) is 2.10. The number of rotatable bonds is 5. The van der Waals surface area contributed by atoms with E-state index in [1.807, 2.05) is 0 Å². The fourth-order valence-corrected chi connectivity index (χ4v) is 0.740. The summed E-state index contributed by atoms with van der Waals surface area (Å²) in [5.74, 6) is 0. The van der Waals surface area contributed by atoms with Gasteiger partial charge in [0.2, 0.25) is 0 Å². The third-order valence-corrected chi connectivity index (χ3v) is 1.30. The van der Waals surface area contributed by atoms with E-state index >= 15 is 0 Å². The highest BCUT2D eigenvalue weighted by molar-refractivity contribution is 4.45. The van der Waals surface area contributed by atoms with Gasteiger partial charge in [-0.05, 0) is 12.8 Å². The third kappa shape index (κ3) is 7.89. The molecular weight excluding hydrogens is 117 g/mol. The topological polar surface area (TPSA) is 22.3 Å². The second-order valence-corrected chi connectivity index (χ2v) is 2.28. The maximum absolute atomic E-state index is 11.7. The zero-order valence-corrected chi connectivity index (χ0v) is 5.94. The van der Waals surface area contributed by atoms with Crippen LogP contribution in [0.4, 0.5) is 4.39 Å². The molecule has 0 rings (SSSR count). The van der Waals surface area contributed by atoms with Crippen molar-refractivity contribution in [3.05, 3.63) is 0 Å². The molecule has 0 aromatic carbocycles. The number of halogens is 1. The van der Waals surface area contributed by atoms with Crippen LogP contribution in [0, 0.1) is 0 Å². The lowest BCUT2D eigenvalue weighted by molar-refractivity contribution is 0.304. The molecule has 0 heterocycles. The van der Waals surface area contributed by atoms with Gasteiger partial charge in [0.25, 0.3) is 0 Å². The Morgan fingerprint density at radius 2 is 2.00 bits per heavy atom. The van der Waals surface area contributed by atoms with Gasteiger partial charge >= 0.3 is 0 Å². The summed E-state index contributed by atoms with van der Waals surface area (Å²) in [7, 11) is 0. The van der Waals surface area contributed by atoms with Crippen molar-refractivity contribution in [2.75, 3.05) is 0 Å². The molecule has 0 aliphatic carbocycles. The van der Waals surface area contributed by atoms with E-state index in [1.165, 1.54) is 0 Å². The highest BCUT2D eigenvalue weighted by atomic mass is 19.1. The largest absolute Gasteiger partial charge is 0.227 e. The molecule has 9 heavy (non-hydrogen) atoms. The predicted octanol–water partition coefficient (Wildman–Crippen LogP) is 2.32. The number of hydrogen-bond acceptors (Lipinski definition) is 0. The first-order chi connectivity index (χ1) is 4.27. The van der Waals surface area contributed by atoms with Gasteiger partial charge in [-0.3, -0.25) is 0 Å². The molecule has 0 saturated carbocycles. The Kier molecular flexibility index (Phi) is 5.94. The van der Waals surface area contributed by atoms with E-state index in [0.717, 1.165) is 25.7 Å². The third-order valence-electron chi connectivity index (χ3n) is 1.30. The lowest BCUT2D eigenvalue weighted by atomic mass is 10.1. The van der Waals surface area contributed by atoms with E-state index in [1.54, 1.807) is 0 Å². The van der Waals surface area contributed by atoms with E-state index in [-0.39, 0.29) is 0 Å². The molecule has 1 unspecified atom stereocenters. The van der Waals surface area contributed by atoms with Gasteiger partial charge < -0.3 is 0 Å². The van der Waals surface area contributed by atoms with Crippen molar-refractivity contribution < 1.29 is 4.39 Å².